The summed E-state index contributed by atoms with van der Waals surface area (Å²) in [5.41, 5.74) is 3.84. The number of rotatable bonds is 4. The van der Waals surface area contributed by atoms with E-state index in [0.717, 1.165) is 22.2 Å². The van der Waals surface area contributed by atoms with Gasteiger partial charge in [-0.25, -0.2) is 4.98 Å². The highest BCUT2D eigenvalue weighted by Crippen LogP contribution is 2.27. The van der Waals surface area contributed by atoms with Crippen LogP contribution < -0.4 is 5.32 Å². The van der Waals surface area contributed by atoms with Crippen LogP contribution in [0.25, 0.3) is 22.2 Å². The number of halogens is 1. The van der Waals surface area contributed by atoms with Crippen molar-refractivity contribution < 1.29 is 4.79 Å². The van der Waals surface area contributed by atoms with E-state index in [1.54, 1.807) is 30.7 Å². The summed E-state index contributed by atoms with van der Waals surface area (Å²) in [6.07, 6.45) is 5.07. The molecule has 0 saturated carbocycles. The van der Waals surface area contributed by atoms with Gasteiger partial charge < -0.3 is 5.32 Å². The van der Waals surface area contributed by atoms with Crippen molar-refractivity contribution in [1.82, 2.24) is 25.5 Å². The average molecular weight is 364 g/mol. The molecule has 0 aliphatic rings. The second kappa shape index (κ2) is 6.93. The molecular formula is C19H14ClN5O. The van der Waals surface area contributed by atoms with E-state index in [0.29, 0.717) is 22.8 Å². The van der Waals surface area contributed by atoms with Gasteiger partial charge in [-0.1, -0.05) is 29.8 Å². The predicted molar refractivity (Wildman–Crippen MR) is 99.7 cm³/mol. The quantitative estimate of drug-likeness (QED) is 0.542. The SMILES string of the molecule is O=C(NCc1ccc(Cl)nc1)c1cccc2c(-c3ccncc3)n[nH]c12. The van der Waals surface area contributed by atoms with E-state index in [4.69, 9.17) is 11.6 Å². The zero-order valence-corrected chi connectivity index (χ0v) is 14.4. The lowest BCUT2D eigenvalue weighted by Gasteiger charge is -2.06. The first-order valence-corrected chi connectivity index (χ1v) is 8.36. The minimum absolute atomic E-state index is 0.185. The second-order valence-electron chi connectivity index (χ2n) is 5.71. The first-order valence-electron chi connectivity index (χ1n) is 7.98. The Labute approximate surface area is 154 Å². The summed E-state index contributed by atoms with van der Waals surface area (Å²) >= 11 is 5.78. The highest BCUT2D eigenvalue weighted by atomic mass is 35.5. The number of nitrogens with zero attached hydrogens (tertiary/aromatic N) is 3. The van der Waals surface area contributed by atoms with Gasteiger partial charge in [-0.15, -0.1) is 0 Å². The van der Waals surface area contributed by atoms with E-state index < -0.39 is 0 Å². The molecule has 3 aromatic heterocycles. The number of hydrogen-bond donors (Lipinski definition) is 2. The number of fused-ring (bicyclic) bond motifs is 1. The van der Waals surface area contributed by atoms with Crippen LogP contribution in [0, 0.1) is 0 Å². The largest absolute Gasteiger partial charge is 0.348 e. The van der Waals surface area contributed by atoms with Crippen LogP contribution in [0.4, 0.5) is 0 Å². The van der Waals surface area contributed by atoms with Gasteiger partial charge in [0.25, 0.3) is 5.91 Å². The molecule has 0 atom stereocenters. The maximum Gasteiger partial charge on any atom is 0.253 e. The van der Waals surface area contributed by atoms with Crippen LogP contribution in [0.5, 0.6) is 0 Å². The van der Waals surface area contributed by atoms with Gasteiger partial charge in [0.05, 0.1) is 11.1 Å². The zero-order chi connectivity index (χ0) is 17.9. The number of H-pyrrole nitrogens is 1. The molecule has 26 heavy (non-hydrogen) atoms. The fourth-order valence-electron chi connectivity index (χ4n) is 2.75. The lowest BCUT2D eigenvalue weighted by atomic mass is 10.1. The van der Waals surface area contributed by atoms with Crippen LogP contribution >= 0.6 is 11.6 Å². The fourth-order valence-corrected chi connectivity index (χ4v) is 2.86. The molecule has 0 aliphatic carbocycles. The van der Waals surface area contributed by atoms with Crippen LogP contribution in [0.2, 0.25) is 5.15 Å². The molecule has 7 heteroatoms. The normalized spacial score (nSPS) is 10.8. The van der Waals surface area contributed by atoms with Crippen molar-refractivity contribution >= 4 is 28.4 Å². The van der Waals surface area contributed by atoms with Gasteiger partial charge in [-0.05, 0) is 29.8 Å². The molecule has 1 amide bonds. The van der Waals surface area contributed by atoms with Crippen LogP contribution in [-0.4, -0.2) is 26.1 Å². The van der Waals surface area contributed by atoms with Crippen molar-refractivity contribution in [3.05, 3.63) is 77.3 Å². The number of nitrogens with one attached hydrogen (secondary N) is 2. The number of para-hydroxylation sites is 1. The molecule has 4 aromatic rings. The first-order chi connectivity index (χ1) is 12.7. The topological polar surface area (TPSA) is 83.6 Å². The number of carbonyl (C=O) groups is 1. The lowest BCUT2D eigenvalue weighted by Crippen LogP contribution is -2.23. The van der Waals surface area contributed by atoms with Crippen LogP contribution in [0.15, 0.2) is 61.1 Å². The smallest absolute Gasteiger partial charge is 0.253 e. The molecule has 0 saturated heterocycles. The van der Waals surface area contributed by atoms with Crippen LogP contribution in [0.1, 0.15) is 15.9 Å². The Kier molecular flexibility index (Phi) is 4.33. The summed E-state index contributed by atoms with van der Waals surface area (Å²) in [4.78, 5) is 20.7. The van der Waals surface area contributed by atoms with E-state index in [2.05, 4.69) is 25.5 Å². The molecule has 1 aromatic carbocycles. The molecule has 0 aliphatic heterocycles. The molecule has 0 radical (unpaired) electrons. The Bertz CT molecular complexity index is 1060. The summed E-state index contributed by atoms with van der Waals surface area (Å²) < 4.78 is 0. The number of carbonyl (C=O) groups excluding carboxylic acids is 1. The number of aromatic amines is 1. The van der Waals surface area contributed by atoms with Crippen molar-refractivity contribution in [2.45, 2.75) is 6.54 Å². The second-order valence-corrected chi connectivity index (χ2v) is 6.10. The Hall–Kier alpha value is -3.25. The first kappa shape index (κ1) is 16.2. The molecule has 0 bridgehead atoms. The number of amides is 1. The van der Waals surface area contributed by atoms with Crippen molar-refractivity contribution in [3.8, 4) is 11.3 Å². The van der Waals surface area contributed by atoms with Crippen LogP contribution in [0.3, 0.4) is 0 Å². The Balaban J connectivity index is 1.61. The summed E-state index contributed by atoms with van der Waals surface area (Å²) in [7, 11) is 0. The summed E-state index contributed by atoms with van der Waals surface area (Å²) in [6, 6.07) is 12.8. The molecule has 128 valence electrons. The van der Waals surface area contributed by atoms with Gasteiger partial charge in [0, 0.05) is 36.1 Å². The Morgan fingerprint density at radius 1 is 1.12 bits per heavy atom. The molecule has 6 nitrogen and oxygen atoms in total. The van der Waals surface area contributed by atoms with E-state index in [-0.39, 0.29) is 5.91 Å². The fraction of sp³-hybridized carbons (Fsp3) is 0.0526. The average Bonchev–Trinajstić information content (AvgIpc) is 3.12. The number of pyridine rings is 2. The molecule has 0 unspecified atom stereocenters. The van der Waals surface area contributed by atoms with Crippen molar-refractivity contribution in [2.24, 2.45) is 0 Å². The van der Waals surface area contributed by atoms with Gasteiger partial charge in [0.15, 0.2) is 0 Å². The van der Waals surface area contributed by atoms with Gasteiger partial charge in [-0.2, -0.15) is 5.10 Å². The predicted octanol–water partition coefficient (Wildman–Crippen LogP) is 3.60. The maximum atomic E-state index is 12.6. The number of aromatic nitrogens is 4. The van der Waals surface area contributed by atoms with Gasteiger partial charge >= 0.3 is 0 Å². The molecular weight excluding hydrogens is 350 g/mol. The van der Waals surface area contributed by atoms with Gasteiger partial charge in [0.1, 0.15) is 10.8 Å². The highest BCUT2D eigenvalue weighted by molar-refractivity contribution is 6.29. The Morgan fingerprint density at radius 3 is 2.73 bits per heavy atom. The number of hydrogen-bond acceptors (Lipinski definition) is 4. The van der Waals surface area contributed by atoms with Gasteiger partial charge in [0.2, 0.25) is 0 Å². The third-order valence-corrected chi connectivity index (χ3v) is 4.26. The molecule has 2 N–H and O–H groups in total. The maximum absolute atomic E-state index is 12.6. The van der Waals surface area contributed by atoms with E-state index in [1.807, 2.05) is 30.3 Å². The monoisotopic (exact) mass is 363 g/mol. The van der Waals surface area contributed by atoms with Crippen molar-refractivity contribution in [2.75, 3.05) is 0 Å². The summed E-state index contributed by atoms with van der Waals surface area (Å²) in [5, 5.41) is 11.6. The zero-order valence-electron chi connectivity index (χ0n) is 13.6. The van der Waals surface area contributed by atoms with E-state index >= 15 is 0 Å². The third-order valence-electron chi connectivity index (χ3n) is 4.04. The minimum Gasteiger partial charge on any atom is -0.348 e. The minimum atomic E-state index is -0.185. The lowest BCUT2D eigenvalue weighted by molar-refractivity contribution is 0.0952. The van der Waals surface area contributed by atoms with Gasteiger partial charge in [-0.3, -0.25) is 14.9 Å². The third kappa shape index (κ3) is 3.14. The molecule has 4 rings (SSSR count). The molecule has 0 fully saturated rings. The van der Waals surface area contributed by atoms with Crippen LogP contribution in [-0.2, 0) is 6.54 Å². The standard InChI is InChI=1S/C19H14ClN5O/c20-16-5-4-12(10-22-16)11-23-19(26)15-3-1-2-14-17(24-25-18(14)15)13-6-8-21-9-7-13/h1-10H,11H2,(H,23,26)(H,24,25). The highest BCUT2D eigenvalue weighted by Gasteiger charge is 2.15. The Morgan fingerprint density at radius 2 is 1.96 bits per heavy atom. The summed E-state index contributed by atoms with van der Waals surface area (Å²) in [5.74, 6) is -0.185. The van der Waals surface area contributed by atoms with E-state index in [9.17, 15) is 4.79 Å². The number of benzene rings is 1. The molecule has 0 spiro atoms. The summed E-state index contributed by atoms with van der Waals surface area (Å²) in [6.45, 7) is 0.366. The van der Waals surface area contributed by atoms with Crippen molar-refractivity contribution in [3.63, 3.8) is 0 Å². The molecule has 3 heterocycles. The van der Waals surface area contributed by atoms with Crippen molar-refractivity contribution in [1.29, 1.82) is 0 Å². The van der Waals surface area contributed by atoms with E-state index in [1.165, 1.54) is 0 Å².